The highest BCUT2D eigenvalue weighted by Crippen LogP contribution is 2.24. The van der Waals surface area contributed by atoms with Gasteiger partial charge in [0.2, 0.25) is 5.95 Å². The molecule has 0 bridgehead atoms. The van der Waals surface area contributed by atoms with Gasteiger partial charge >= 0.3 is 5.97 Å². The lowest BCUT2D eigenvalue weighted by molar-refractivity contribution is -0.155. The highest BCUT2D eigenvalue weighted by atomic mass is 16.6. The van der Waals surface area contributed by atoms with Gasteiger partial charge in [0.05, 0.1) is 17.7 Å². The summed E-state index contributed by atoms with van der Waals surface area (Å²) in [5.74, 6) is -1.37. The predicted octanol–water partition coefficient (Wildman–Crippen LogP) is -0.479. The summed E-state index contributed by atoms with van der Waals surface area (Å²) in [6, 6.07) is -0.861. The second-order valence-corrected chi connectivity index (χ2v) is 8.14. The summed E-state index contributed by atoms with van der Waals surface area (Å²) in [5, 5.41) is 13.6. The number of anilines is 2. The molecule has 0 radical (unpaired) electrons. The molecule has 1 aliphatic rings. The molecule has 0 amide bonds. The summed E-state index contributed by atoms with van der Waals surface area (Å²) in [6.07, 6.45) is -1.56. The van der Waals surface area contributed by atoms with Crippen molar-refractivity contribution in [2.24, 2.45) is 17.6 Å². The Hall–Kier alpha value is -2.79. The number of aliphatic hydroxyl groups excluding tert-OH is 1. The van der Waals surface area contributed by atoms with Gasteiger partial charge in [0.1, 0.15) is 23.5 Å². The number of hydrogen-bond acceptors (Lipinski definition) is 10. The number of nitrogens with two attached hydrogens (primary N) is 2. The molecule has 172 valence electrons. The zero-order valence-corrected chi connectivity index (χ0v) is 18.0. The van der Waals surface area contributed by atoms with Crippen molar-refractivity contribution in [3.8, 4) is 0 Å². The summed E-state index contributed by atoms with van der Waals surface area (Å²) in [4.78, 5) is 54.0. The van der Waals surface area contributed by atoms with E-state index in [1.165, 1.54) is 6.92 Å². The Morgan fingerprint density at radius 1 is 1.32 bits per heavy atom. The number of H-pyrrole nitrogens is 1. The molecule has 0 aromatic carbocycles. The van der Waals surface area contributed by atoms with Crippen LogP contribution in [0.3, 0.4) is 0 Å². The van der Waals surface area contributed by atoms with Crippen molar-refractivity contribution >= 4 is 29.3 Å². The second-order valence-electron chi connectivity index (χ2n) is 8.14. The number of nitrogens with one attached hydrogen (secondary N) is 2. The molecule has 1 aliphatic heterocycles. The minimum atomic E-state index is -1.02. The van der Waals surface area contributed by atoms with Gasteiger partial charge < -0.3 is 26.6 Å². The van der Waals surface area contributed by atoms with E-state index in [-0.39, 0.29) is 54.7 Å². The Labute approximate surface area is 179 Å². The van der Waals surface area contributed by atoms with Gasteiger partial charge in [-0.1, -0.05) is 6.92 Å². The van der Waals surface area contributed by atoms with Gasteiger partial charge in [-0.3, -0.25) is 24.2 Å². The van der Waals surface area contributed by atoms with Crippen LogP contribution in [-0.4, -0.2) is 57.4 Å². The largest absolute Gasteiger partial charge is 0.460 e. The molecule has 0 spiro atoms. The quantitative estimate of drug-likeness (QED) is 0.299. The van der Waals surface area contributed by atoms with E-state index in [1.54, 1.807) is 13.8 Å². The van der Waals surface area contributed by atoms with Crippen LogP contribution in [0.4, 0.5) is 11.8 Å². The lowest BCUT2D eigenvalue weighted by Crippen LogP contribution is -2.43. The van der Waals surface area contributed by atoms with Crippen LogP contribution in [-0.2, 0) is 25.5 Å². The summed E-state index contributed by atoms with van der Waals surface area (Å²) < 4.78 is 5.29. The fraction of sp³-hybridized carbons (Fsp3) is 0.650. The molecule has 2 heterocycles. The number of ketones is 2. The van der Waals surface area contributed by atoms with Crippen LogP contribution in [0.1, 0.15) is 45.6 Å². The molecule has 31 heavy (non-hydrogen) atoms. The van der Waals surface area contributed by atoms with Gasteiger partial charge in [0.15, 0.2) is 0 Å². The maximum Gasteiger partial charge on any atom is 0.306 e. The van der Waals surface area contributed by atoms with Crippen LogP contribution in [0, 0.1) is 11.8 Å². The smallest absolute Gasteiger partial charge is 0.306 e. The van der Waals surface area contributed by atoms with Gasteiger partial charge in [-0.25, -0.2) is 0 Å². The molecule has 0 aliphatic carbocycles. The molecule has 0 saturated heterocycles. The summed E-state index contributed by atoms with van der Waals surface area (Å²) >= 11 is 0. The first-order chi connectivity index (χ1) is 14.5. The number of carbonyl (C=O) groups is 3. The van der Waals surface area contributed by atoms with Gasteiger partial charge in [0.25, 0.3) is 5.56 Å². The molecule has 11 nitrogen and oxygen atoms in total. The number of rotatable bonds is 10. The maximum absolute atomic E-state index is 12.1. The van der Waals surface area contributed by atoms with E-state index in [0.29, 0.717) is 17.9 Å². The van der Waals surface area contributed by atoms with E-state index in [2.05, 4.69) is 15.3 Å². The second kappa shape index (κ2) is 10.5. The first kappa shape index (κ1) is 24.5. The molecular weight excluding hydrogens is 406 g/mol. The first-order valence-corrected chi connectivity index (χ1v) is 10.3. The Morgan fingerprint density at radius 2 is 2.00 bits per heavy atom. The van der Waals surface area contributed by atoms with E-state index in [4.69, 9.17) is 16.2 Å². The molecule has 11 heteroatoms. The van der Waals surface area contributed by atoms with Crippen molar-refractivity contribution in [2.45, 2.75) is 64.7 Å². The van der Waals surface area contributed by atoms with Crippen molar-refractivity contribution in [3.63, 3.8) is 0 Å². The van der Waals surface area contributed by atoms with Crippen molar-refractivity contribution in [2.75, 3.05) is 17.6 Å². The number of carbonyl (C=O) groups excluding carboxylic acids is 3. The van der Waals surface area contributed by atoms with Gasteiger partial charge in [0, 0.05) is 31.2 Å². The number of ether oxygens (including phenoxy) is 1. The molecule has 0 fully saturated rings. The SMILES string of the molecule is CC(=O)[C@H](C)CC(=O)[C@H](N)CCC(=O)O[C@@H](C)[C@H](O)[C@H]1CNc2nc(N)[nH]c(=O)c2C1. The van der Waals surface area contributed by atoms with Gasteiger partial charge in [-0.2, -0.15) is 4.98 Å². The zero-order chi connectivity index (χ0) is 23.3. The van der Waals surface area contributed by atoms with Crippen LogP contribution >= 0.6 is 0 Å². The zero-order valence-electron chi connectivity index (χ0n) is 18.0. The van der Waals surface area contributed by atoms with Crippen molar-refractivity contribution in [3.05, 3.63) is 15.9 Å². The van der Waals surface area contributed by atoms with Crippen LogP contribution < -0.4 is 22.3 Å². The first-order valence-electron chi connectivity index (χ1n) is 10.3. The number of fused-ring (bicyclic) bond motifs is 1. The Balaban J connectivity index is 1.83. The Morgan fingerprint density at radius 3 is 2.65 bits per heavy atom. The van der Waals surface area contributed by atoms with Crippen LogP contribution in [0.25, 0.3) is 0 Å². The third-order valence-electron chi connectivity index (χ3n) is 5.59. The molecule has 2 rings (SSSR count). The van der Waals surface area contributed by atoms with E-state index < -0.39 is 30.1 Å². The number of nitrogen functional groups attached to an aromatic ring is 1. The minimum absolute atomic E-state index is 0.00462. The molecule has 0 unspecified atom stereocenters. The highest BCUT2D eigenvalue weighted by Gasteiger charge is 2.32. The maximum atomic E-state index is 12.1. The lowest BCUT2D eigenvalue weighted by Gasteiger charge is -2.31. The minimum Gasteiger partial charge on any atom is -0.460 e. The summed E-state index contributed by atoms with van der Waals surface area (Å²) in [6.45, 7) is 4.96. The number of esters is 1. The molecule has 0 saturated carbocycles. The molecule has 1 aromatic heterocycles. The lowest BCUT2D eigenvalue weighted by atomic mass is 9.89. The third kappa shape index (κ3) is 6.59. The molecular formula is C20H31N5O6. The van der Waals surface area contributed by atoms with Crippen molar-refractivity contribution in [1.82, 2.24) is 9.97 Å². The van der Waals surface area contributed by atoms with E-state index in [1.807, 2.05) is 0 Å². The van der Waals surface area contributed by atoms with Gasteiger partial charge in [-0.05, 0) is 26.7 Å². The normalized spacial score (nSPS) is 19.3. The molecule has 1 aromatic rings. The number of nitrogens with zero attached hydrogens (tertiary/aromatic N) is 1. The number of Topliss-reactive ketones (excluding diaryl/α,β-unsaturated/α-hetero) is 2. The van der Waals surface area contributed by atoms with Crippen LogP contribution in [0.2, 0.25) is 0 Å². The standard InChI is InChI=1S/C20H31N5O6/c1-9(10(2)26)6-15(27)14(21)4-5-16(28)31-11(3)17(29)12-7-13-18(23-8-12)24-20(22)25-19(13)30/h9,11-12,14,17,29H,4-8,21H2,1-3H3,(H4,22,23,24,25,30)/t9-,11+,12-,14-,17+/m1/s1. The van der Waals surface area contributed by atoms with E-state index in [0.717, 1.165) is 0 Å². The monoisotopic (exact) mass is 437 g/mol. The molecule has 7 N–H and O–H groups in total. The fourth-order valence-electron chi connectivity index (χ4n) is 3.40. The van der Waals surface area contributed by atoms with Crippen LogP contribution in [0.15, 0.2) is 4.79 Å². The summed E-state index contributed by atoms with van der Waals surface area (Å²) in [5.41, 5.74) is 11.3. The fourth-order valence-corrected chi connectivity index (χ4v) is 3.40. The van der Waals surface area contributed by atoms with Crippen molar-refractivity contribution in [1.29, 1.82) is 0 Å². The van der Waals surface area contributed by atoms with Gasteiger partial charge in [-0.15, -0.1) is 0 Å². The average molecular weight is 437 g/mol. The molecule has 5 atom stereocenters. The van der Waals surface area contributed by atoms with E-state index in [9.17, 15) is 24.3 Å². The Kier molecular flexibility index (Phi) is 8.28. The predicted molar refractivity (Wildman–Crippen MR) is 113 cm³/mol. The Bertz CT molecular complexity index is 885. The summed E-state index contributed by atoms with van der Waals surface area (Å²) in [7, 11) is 0. The highest BCUT2D eigenvalue weighted by molar-refractivity contribution is 5.89. The van der Waals surface area contributed by atoms with Crippen LogP contribution in [0.5, 0.6) is 0 Å². The topological polar surface area (TPSA) is 190 Å². The number of aliphatic hydroxyl groups is 1. The average Bonchev–Trinajstić information content (AvgIpc) is 2.70. The van der Waals surface area contributed by atoms with E-state index >= 15 is 0 Å². The number of hydrogen-bond donors (Lipinski definition) is 5. The van der Waals surface area contributed by atoms with Crippen molar-refractivity contribution < 1.29 is 24.2 Å². The third-order valence-corrected chi connectivity index (χ3v) is 5.59. The number of aromatic amines is 1. The number of aromatic nitrogens is 2.